The number of rotatable bonds is 21. The van der Waals surface area contributed by atoms with E-state index >= 15 is 0 Å². The molecule has 0 fully saturated rings. The number of pyridine rings is 2. The number of ether oxygens (including phenoxy) is 2. The van der Waals surface area contributed by atoms with Crippen LogP contribution < -0.4 is 30.7 Å². The maximum absolute atomic E-state index is 13.4. The SMILES string of the molecule is CCC[C@H](Nc1nc(-c2ccc(NC(=O)N(CC)OC(=O)C(O)C(O)C(=O)ON(CC)C(=O)Nc3ccc(-c4ncc(C)c(N[C@@H](CCC)c5cccnc5)n4)cc3OC)c(OC)c2)ncc1C)c1cccnc1. The van der Waals surface area contributed by atoms with Crippen molar-refractivity contribution >= 4 is 47.0 Å². The fourth-order valence-electron chi connectivity index (χ4n) is 7.47. The summed E-state index contributed by atoms with van der Waals surface area (Å²) in [5.74, 6) is -0.683. The number of aliphatic hydroxyl groups is 2. The quantitative estimate of drug-likeness (QED) is 0.0373. The first-order chi connectivity index (χ1) is 35.7. The summed E-state index contributed by atoms with van der Waals surface area (Å²) in [5.41, 5.74) is 5.21. The van der Waals surface area contributed by atoms with Crippen molar-refractivity contribution in [1.29, 1.82) is 0 Å². The monoisotopic (exact) mass is 1010 g/mol. The number of amides is 4. The van der Waals surface area contributed by atoms with Crippen molar-refractivity contribution in [3.8, 4) is 34.3 Å². The molecule has 390 valence electrons. The van der Waals surface area contributed by atoms with E-state index in [9.17, 15) is 29.4 Å². The molecule has 4 amide bonds. The lowest BCUT2D eigenvalue weighted by Crippen LogP contribution is -2.48. The molecule has 0 saturated heterocycles. The lowest BCUT2D eigenvalue weighted by molar-refractivity contribution is -0.204. The second kappa shape index (κ2) is 26.3. The minimum atomic E-state index is -2.55. The summed E-state index contributed by atoms with van der Waals surface area (Å²) in [7, 11) is 2.80. The summed E-state index contributed by atoms with van der Waals surface area (Å²) >= 11 is 0. The van der Waals surface area contributed by atoms with Gasteiger partial charge in [0.05, 0.1) is 50.8 Å². The van der Waals surface area contributed by atoms with Crippen molar-refractivity contribution in [2.75, 3.05) is 48.6 Å². The predicted molar refractivity (Wildman–Crippen MR) is 276 cm³/mol. The standard InChI is InChI=1S/C52H62N12O10/c1-9-15-37(35-17-13-23-53-29-35)57-45-31(5)27-55-47(61-45)33-19-21-39(41(25-33)71-7)59-51(69)63(11-3)73-49(67)43(65)44(66)50(68)74-64(12-4)52(70)60-40-22-20-34(26-42(40)72-8)48-56-28-32(6)46(62-48)58-38(16-10-2)36-18-14-24-54-30-36/h13-14,17-30,37-38,43-44,65-66H,9-12,15-16H2,1-8H3,(H,59,69)(H,60,70)(H,55,57,61)(H,56,58,62)/t37-,38-,43?,44?/m0/s1. The predicted octanol–water partition coefficient (Wildman–Crippen LogP) is 7.98. The van der Waals surface area contributed by atoms with E-state index < -0.39 is 36.2 Å². The molecule has 6 rings (SSSR count). The molecule has 74 heavy (non-hydrogen) atoms. The van der Waals surface area contributed by atoms with Crippen molar-refractivity contribution < 1.29 is 48.5 Å². The summed E-state index contributed by atoms with van der Waals surface area (Å²) in [5, 5.41) is 34.7. The molecule has 0 spiro atoms. The van der Waals surface area contributed by atoms with E-state index in [0.29, 0.717) is 44.5 Å². The number of hydrogen-bond acceptors (Lipinski definition) is 18. The topological polar surface area (TPSA) is 278 Å². The van der Waals surface area contributed by atoms with Crippen molar-refractivity contribution in [2.45, 2.75) is 91.5 Å². The number of aryl methyl sites for hydroxylation is 2. The van der Waals surface area contributed by atoms with Crippen molar-refractivity contribution in [3.05, 3.63) is 120 Å². The summed E-state index contributed by atoms with van der Waals surface area (Å²) in [6.07, 6.45) is 8.95. The van der Waals surface area contributed by atoms with E-state index in [1.807, 2.05) is 50.5 Å². The molecular formula is C52H62N12O10. The normalized spacial score (nSPS) is 12.5. The minimum absolute atomic E-state index is 0.0355. The smallest absolute Gasteiger partial charge is 0.364 e. The molecule has 6 aromatic rings. The first-order valence-corrected chi connectivity index (χ1v) is 24.1. The van der Waals surface area contributed by atoms with Crippen molar-refractivity contribution in [3.63, 3.8) is 0 Å². The molecule has 0 aliphatic carbocycles. The molecule has 0 aliphatic rings. The Morgan fingerprint density at radius 2 is 1.00 bits per heavy atom. The zero-order valence-electron chi connectivity index (χ0n) is 42.5. The fourth-order valence-corrected chi connectivity index (χ4v) is 7.47. The Balaban J connectivity index is 1.05. The number of benzene rings is 2. The maximum atomic E-state index is 13.4. The van der Waals surface area contributed by atoms with Gasteiger partial charge in [0.2, 0.25) is 0 Å². The van der Waals surface area contributed by atoms with Crippen LogP contribution in [0.2, 0.25) is 0 Å². The van der Waals surface area contributed by atoms with Gasteiger partial charge in [-0.25, -0.2) is 39.1 Å². The Kier molecular flexibility index (Phi) is 19.5. The number of nitrogens with one attached hydrogen (secondary N) is 4. The molecule has 22 heteroatoms. The van der Waals surface area contributed by atoms with Crippen LogP contribution in [-0.4, -0.2) is 114 Å². The van der Waals surface area contributed by atoms with Gasteiger partial charge in [0, 0.05) is 59.4 Å². The van der Waals surface area contributed by atoms with E-state index in [2.05, 4.69) is 55.1 Å². The van der Waals surface area contributed by atoms with Gasteiger partial charge < -0.3 is 50.6 Å². The molecule has 6 N–H and O–H groups in total. The molecule has 0 saturated carbocycles. The number of aliphatic hydroxyl groups excluding tert-OH is 2. The highest BCUT2D eigenvalue weighted by molar-refractivity contribution is 5.94. The Hall–Kier alpha value is -8.50. The molecule has 0 bridgehead atoms. The Morgan fingerprint density at radius 3 is 1.34 bits per heavy atom. The average Bonchev–Trinajstić information content (AvgIpc) is 3.42. The molecule has 0 radical (unpaired) electrons. The number of anilines is 4. The molecule has 4 heterocycles. The van der Waals surface area contributed by atoms with Crippen molar-refractivity contribution in [2.24, 2.45) is 0 Å². The summed E-state index contributed by atoms with van der Waals surface area (Å²) < 4.78 is 11.1. The number of hydroxylamine groups is 4. The van der Waals surface area contributed by atoms with Crippen LogP contribution in [0, 0.1) is 13.8 Å². The average molecular weight is 1020 g/mol. The van der Waals surface area contributed by atoms with E-state index in [1.54, 1.807) is 61.2 Å². The van der Waals surface area contributed by atoms with Crippen LogP contribution in [0.15, 0.2) is 97.8 Å². The molecule has 4 aromatic heterocycles. The van der Waals surface area contributed by atoms with Crippen LogP contribution in [0.5, 0.6) is 11.5 Å². The third-order valence-corrected chi connectivity index (χ3v) is 11.5. The maximum Gasteiger partial charge on any atom is 0.364 e. The number of nitrogens with zero attached hydrogens (tertiary/aromatic N) is 8. The van der Waals surface area contributed by atoms with Gasteiger partial charge in [-0.05, 0) is 100 Å². The first-order valence-electron chi connectivity index (χ1n) is 24.1. The highest BCUT2D eigenvalue weighted by Crippen LogP contribution is 2.34. The van der Waals surface area contributed by atoms with Crippen LogP contribution in [0.4, 0.5) is 32.6 Å². The minimum Gasteiger partial charge on any atom is -0.495 e. The number of hydrogen-bond donors (Lipinski definition) is 6. The van der Waals surface area contributed by atoms with E-state index in [4.69, 9.17) is 29.1 Å². The molecular weight excluding hydrogens is 953 g/mol. The Morgan fingerprint density at radius 1 is 0.595 bits per heavy atom. The highest BCUT2D eigenvalue weighted by atomic mass is 16.7. The molecule has 2 unspecified atom stereocenters. The third-order valence-electron chi connectivity index (χ3n) is 11.5. The zero-order chi connectivity index (χ0) is 53.3. The number of urea groups is 2. The molecule has 0 aliphatic heterocycles. The van der Waals surface area contributed by atoms with Crippen LogP contribution in [0.1, 0.15) is 87.7 Å². The van der Waals surface area contributed by atoms with Crippen LogP contribution >= 0.6 is 0 Å². The van der Waals surface area contributed by atoms with Gasteiger partial charge in [-0.3, -0.25) is 9.97 Å². The Bertz CT molecular complexity index is 2670. The van der Waals surface area contributed by atoms with Crippen molar-refractivity contribution in [1.82, 2.24) is 40.0 Å². The van der Waals surface area contributed by atoms with Gasteiger partial charge in [-0.1, -0.05) is 38.8 Å². The largest absolute Gasteiger partial charge is 0.495 e. The zero-order valence-corrected chi connectivity index (χ0v) is 42.5. The van der Waals surface area contributed by atoms with E-state index in [-0.39, 0.29) is 48.0 Å². The van der Waals surface area contributed by atoms with Crippen LogP contribution in [-0.2, 0) is 19.3 Å². The van der Waals surface area contributed by atoms with Gasteiger partial charge >= 0.3 is 24.0 Å². The third kappa shape index (κ3) is 13.9. The molecule has 2 aromatic carbocycles. The number of carbonyl (C=O) groups excluding carboxylic acids is 4. The lowest BCUT2D eigenvalue weighted by atomic mass is 10.0. The van der Waals surface area contributed by atoms with Gasteiger partial charge in [0.25, 0.3) is 0 Å². The van der Waals surface area contributed by atoms with Gasteiger partial charge in [-0.2, -0.15) is 10.1 Å². The van der Waals surface area contributed by atoms with E-state index in [1.165, 1.54) is 28.1 Å². The van der Waals surface area contributed by atoms with Crippen LogP contribution in [0.25, 0.3) is 22.8 Å². The summed E-state index contributed by atoms with van der Waals surface area (Å²) in [4.78, 5) is 90.2. The van der Waals surface area contributed by atoms with Gasteiger partial charge in [0.1, 0.15) is 23.1 Å². The van der Waals surface area contributed by atoms with E-state index in [0.717, 1.165) is 47.9 Å². The molecule has 22 nitrogen and oxygen atoms in total. The first kappa shape index (κ1) is 54.8. The second-order valence-corrected chi connectivity index (χ2v) is 16.8. The Labute approximate surface area is 428 Å². The molecule has 4 atom stereocenters. The lowest BCUT2D eigenvalue weighted by Gasteiger charge is -2.25. The number of aromatic nitrogens is 6. The summed E-state index contributed by atoms with van der Waals surface area (Å²) in [6.45, 7) is 10.5. The fraction of sp³-hybridized carbons (Fsp3) is 0.346. The highest BCUT2D eigenvalue weighted by Gasteiger charge is 2.37. The van der Waals surface area contributed by atoms with Crippen LogP contribution in [0.3, 0.4) is 0 Å². The summed E-state index contributed by atoms with van der Waals surface area (Å²) in [6, 6.07) is 15.5. The second-order valence-electron chi connectivity index (χ2n) is 16.8. The van der Waals surface area contributed by atoms with Gasteiger partial charge in [-0.15, -0.1) is 0 Å². The number of carbonyl (C=O) groups is 4. The van der Waals surface area contributed by atoms with Gasteiger partial charge in [0.15, 0.2) is 23.9 Å². The number of methoxy groups -OCH3 is 2.